The van der Waals surface area contributed by atoms with Crippen molar-refractivity contribution in [3.05, 3.63) is 75.6 Å². The number of nitro groups is 1. The van der Waals surface area contributed by atoms with E-state index in [-0.39, 0.29) is 23.8 Å². The van der Waals surface area contributed by atoms with E-state index >= 15 is 0 Å². The second-order valence-electron chi connectivity index (χ2n) is 7.67. The second-order valence-corrected chi connectivity index (χ2v) is 7.67. The highest BCUT2D eigenvalue weighted by Gasteiger charge is 2.25. The Bertz CT molecular complexity index is 1100. The summed E-state index contributed by atoms with van der Waals surface area (Å²) in [7, 11) is 5.52. The van der Waals surface area contributed by atoms with Crippen LogP contribution in [0.3, 0.4) is 0 Å². The highest BCUT2D eigenvalue weighted by Crippen LogP contribution is 2.25. The first-order valence-electron chi connectivity index (χ1n) is 10.1. The monoisotopic (exact) mass is 437 g/mol. The number of aromatic nitrogens is 2. The van der Waals surface area contributed by atoms with Crippen molar-refractivity contribution >= 4 is 23.0 Å². The number of anilines is 2. The van der Waals surface area contributed by atoms with E-state index in [1.807, 2.05) is 55.4 Å². The first kappa shape index (κ1) is 22.8. The van der Waals surface area contributed by atoms with Gasteiger partial charge in [0.1, 0.15) is 23.7 Å². The molecule has 0 unspecified atom stereocenters. The minimum Gasteiger partial charge on any atom is -0.497 e. The second kappa shape index (κ2) is 9.51. The van der Waals surface area contributed by atoms with Crippen LogP contribution in [0.1, 0.15) is 17.0 Å². The SMILES string of the molecule is COc1ccc(N(Cc2ccc(N(C)C)cc2)C(=O)Cn2nc(C)c([N+](=O)[O-])c2C)cc1. The van der Waals surface area contributed by atoms with E-state index in [0.29, 0.717) is 23.7 Å². The Morgan fingerprint density at radius 3 is 2.16 bits per heavy atom. The minimum atomic E-state index is -0.466. The quantitative estimate of drug-likeness (QED) is 0.394. The summed E-state index contributed by atoms with van der Waals surface area (Å²) in [6, 6.07) is 15.2. The van der Waals surface area contributed by atoms with Crippen molar-refractivity contribution in [3.8, 4) is 5.75 Å². The van der Waals surface area contributed by atoms with E-state index in [0.717, 1.165) is 11.3 Å². The molecule has 0 saturated carbocycles. The number of carbonyl (C=O) groups is 1. The third-order valence-corrected chi connectivity index (χ3v) is 5.29. The van der Waals surface area contributed by atoms with Gasteiger partial charge >= 0.3 is 5.69 Å². The largest absolute Gasteiger partial charge is 0.497 e. The lowest BCUT2D eigenvalue weighted by molar-refractivity contribution is -0.386. The van der Waals surface area contributed by atoms with Crippen LogP contribution in [0.5, 0.6) is 5.75 Å². The molecule has 9 heteroatoms. The molecular formula is C23H27N5O4. The van der Waals surface area contributed by atoms with Gasteiger partial charge < -0.3 is 14.5 Å². The van der Waals surface area contributed by atoms with E-state index in [4.69, 9.17) is 4.74 Å². The van der Waals surface area contributed by atoms with Gasteiger partial charge in [-0.05, 0) is 55.8 Å². The maximum atomic E-state index is 13.3. The van der Waals surface area contributed by atoms with Gasteiger partial charge in [0, 0.05) is 25.5 Å². The fourth-order valence-corrected chi connectivity index (χ4v) is 3.49. The van der Waals surface area contributed by atoms with Crippen molar-refractivity contribution in [1.29, 1.82) is 0 Å². The molecule has 0 N–H and O–H groups in total. The molecule has 0 saturated heterocycles. The molecule has 3 rings (SSSR count). The fourth-order valence-electron chi connectivity index (χ4n) is 3.49. The van der Waals surface area contributed by atoms with Crippen LogP contribution in [0.2, 0.25) is 0 Å². The molecule has 1 aromatic heterocycles. The number of aryl methyl sites for hydroxylation is 1. The molecule has 0 atom stereocenters. The van der Waals surface area contributed by atoms with Crippen LogP contribution in [0, 0.1) is 24.0 Å². The minimum absolute atomic E-state index is 0.0620. The fraction of sp³-hybridized carbons (Fsp3) is 0.304. The van der Waals surface area contributed by atoms with Gasteiger partial charge in [-0.15, -0.1) is 0 Å². The molecule has 0 radical (unpaired) electrons. The average Bonchev–Trinajstić information content (AvgIpc) is 3.05. The Labute approximate surface area is 187 Å². The van der Waals surface area contributed by atoms with Crippen LogP contribution in [0.15, 0.2) is 48.5 Å². The van der Waals surface area contributed by atoms with Gasteiger partial charge in [0.25, 0.3) is 0 Å². The molecule has 0 bridgehead atoms. The number of nitrogens with zero attached hydrogens (tertiary/aromatic N) is 5. The summed E-state index contributed by atoms with van der Waals surface area (Å²) in [5.74, 6) is 0.456. The summed E-state index contributed by atoms with van der Waals surface area (Å²) in [6.45, 7) is 3.41. The predicted octanol–water partition coefficient (Wildman–Crippen LogP) is 3.72. The molecule has 168 valence electrons. The van der Waals surface area contributed by atoms with Crippen molar-refractivity contribution < 1.29 is 14.5 Å². The molecular weight excluding hydrogens is 410 g/mol. The van der Waals surface area contributed by atoms with Crippen molar-refractivity contribution in [3.63, 3.8) is 0 Å². The van der Waals surface area contributed by atoms with Gasteiger partial charge in [0.05, 0.1) is 18.6 Å². The van der Waals surface area contributed by atoms with Gasteiger partial charge in [0.15, 0.2) is 0 Å². The van der Waals surface area contributed by atoms with Crippen LogP contribution in [-0.4, -0.2) is 41.8 Å². The highest BCUT2D eigenvalue weighted by atomic mass is 16.6. The lowest BCUT2D eigenvalue weighted by atomic mass is 10.1. The Hall–Kier alpha value is -3.88. The average molecular weight is 438 g/mol. The summed E-state index contributed by atoms with van der Waals surface area (Å²) in [5.41, 5.74) is 3.29. The first-order valence-corrected chi connectivity index (χ1v) is 10.1. The van der Waals surface area contributed by atoms with Crippen LogP contribution in [-0.2, 0) is 17.9 Å². The molecule has 0 fully saturated rings. The van der Waals surface area contributed by atoms with Crippen molar-refractivity contribution in [1.82, 2.24) is 9.78 Å². The number of carbonyl (C=O) groups excluding carboxylic acids is 1. The van der Waals surface area contributed by atoms with Crippen molar-refractivity contribution in [2.45, 2.75) is 26.9 Å². The van der Waals surface area contributed by atoms with Crippen LogP contribution in [0.4, 0.5) is 17.1 Å². The van der Waals surface area contributed by atoms with E-state index in [1.54, 1.807) is 38.0 Å². The van der Waals surface area contributed by atoms with Gasteiger partial charge in [-0.2, -0.15) is 5.10 Å². The lowest BCUT2D eigenvalue weighted by Crippen LogP contribution is -2.34. The van der Waals surface area contributed by atoms with Crippen LogP contribution < -0.4 is 14.5 Å². The third kappa shape index (κ3) is 4.88. The molecule has 1 heterocycles. The van der Waals surface area contributed by atoms with E-state index in [1.165, 1.54) is 4.68 Å². The van der Waals surface area contributed by atoms with E-state index < -0.39 is 4.92 Å². The summed E-state index contributed by atoms with van der Waals surface area (Å²) < 4.78 is 6.62. The van der Waals surface area contributed by atoms with Gasteiger partial charge in [-0.25, -0.2) is 0 Å². The summed E-state index contributed by atoms with van der Waals surface area (Å²) in [5, 5.41) is 15.5. The zero-order valence-corrected chi connectivity index (χ0v) is 18.9. The number of hydrogen-bond donors (Lipinski definition) is 0. The number of amides is 1. The molecule has 32 heavy (non-hydrogen) atoms. The number of ether oxygens (including phenoxy) is 1. The van der Waals surface area contributed by atoms with Crippen molar-refractivity contribution in [2.24, 2.45) is 0 Å². The van der Waals surface area contributed by atoms with E-state index in [2.05, 4.69) is 5.10 Å². The maximum absolute atomic E-state index is 13.3. The van der Waals surface area contributed by atoms with Crippen molar-refractivity contribution in [2.75, 3.05) is 31.0 Å². The Morgan fingerprint density at radius 2 is 1.66 bits per heavy atom. The maximum Gasteiger partial charge on any atom is 0.312 e. The van der Waals surface area contributed by atoms with E-state index in [9.17, 15) is 14.9 Å². The molecule has 9 nitrogen and oxygen atoms in total. The number of benzene rings is 2. The molecule has 0 aliphatic rings. The van der Waals surface area contributed by atoms with Crippen LogP contribution in [0.25, 0.3) is 0 Å². The van der Waals surface area contributed by atoms with Gasteiger partial charge in [-0.3, -0.25) is 19.6 Å². The molecule has 1 amide bonds. The molecule has 0 spiro atoms. The first-order chi connectivity index (χ1) is 15.2. The molecule has 0 aliphatic carbocycles. The van der Waals surface area contributed by atoms with Gasteiger partial charge in [0.2, 0.25) is 5.91 Å². The molecule has 0 aliphatic heterocycles. The molecule has 3 aromatic rings. The van der Waals surface area contributed by atoms with Crippen LogP contribution >= 0.6 is 0 Å². The highest BCUT2D eigenvalue weighted by molar-refractivity contribution is 5.93. The standard InChI is InChI=1S/C23H27N5O4/c1-16-23(28(30)31)17(2)27(24-16)15-22(29)26(20-10-12-21(32-5)13-11-20)14-18-6-8-19(9-7-18)25(3)4/h6-13H,14-15H2,1-5H3. The number of rotatable bonds is 8. The normalized spacial score (nSPS) is 10.7. The molecule has 2 aromatic carbocycles. The zero-order chi connectivity index (χ0) is 23.4. The summed E-state index contributed by atoms with van der Waals surface area (Å²) in [6.07, 6.45) is 0. The summed E-state index contributed by atoms with van der Waals surface area (Å²) >= 11 is 0. The smallest absolute Gasteiger partial charge is 0.312 e. The zero-order valence-electron chi connectivity index (χ0n) is 18.9. The Morgan fingerprint density at radius 1 is 1.06 bits per heavy atom. The summed E-state index contributed by atoms with van der Waals surface area (Å²) in [4.78, 5) is 27.8. The number of methoxy groups -OCH3 is 1. The predicted molar refractivity (Wildman–Crippen MR) is 123 cm³/mol. The number of hydrogen-bond acceptors (Lipinski definition) is 6. The van der Waals surface area contributed by atoms with Gasteiger partial charge in [-0.1, -0.05) is 12.1 Å². The lowest BCUT2D eigenvalue weighted by Gasteiger charge is -2.24. The topological polar surface area (TPSA) is 93.7 Å². The Balaban J connectivity index is 1.91. The third-order valence-electron chi connectivity index (χ3n) is 5.29. The Kier molecular flexibility index (Phi) is 6.77.